The molecule has 0 heterocycles. The third-order valence-corrected chi connectivity index (χ3v) is 10.1. The van der Waals surface area contributed by atoms with Crippen molar-refractivity contribution in [2.45, 2.75) is 90.8 Å². The van der Waals surface area contributed by atoms with Crippen LogP contribution < -0.4 is 5.73 Å². The number of hydrogen-bond donors (Lipinski definition) is 3. The number of halogens is 1. The first-order valence-corrected chi connectivity index (χ1v) is 11.8. The van der Waals surface area contributed by atoms with E-state index >= 15 is 0 Å². The van der Waals surface area contributed by atoms with E-state index in [0.29, 0.717) is 41.9 Å². The van der Waals surface area contributed by atoms with Crippen LogP contribution in [-0.2, 0) is 4.79 Å². The van der Waals surface area contributed by atoms with Crippen molar-refractivity contribution in [3.8, 4) is 0 Å². The second-order valence-electron chi connectivity index (χ2n) is 11.4. The molecule has 4 aliphatic rings. The molecule has 4 aliphatic carbocycles. The van der Waals surface area contributed by atoms with E-state index in [1.165, 1.54) is 25.7 Å². The largest absolute Gasteiger partial charge is 0.393 e. The molecule has 0 aromatic heterocycles. The van der Waals surface area contributed by atoms with Gasteiger partial charge in [-0.25, -0.2) is 0 Å². The fourth-order valence-electron chi connectivity index (χ4n) is 8.92. The first-order valence-electron chi connectivity index (χ1n) is 11.8. The Morgan fingerprint density at radius 2 is 1.83 bits per heavy atom. The molecule has 0 radical (unpaired) electrons. The Morgan fingerprint density at radius 1 is 1.10 bits per heavy atom. The summed E-state index contributed by atoms with van der Waals surface area (Å²) < 4.78 is 0. The molecule has 4 rings (SSSR count). The van der Waals surface area contributed by atoms with Crippen molar-refractivity contribution in [1.29, 1.82) is 0 Å². The van der Waals surface area contributed by atoms with Crippen LogP contribution in [0.3, 0.4) is 0 Å². The molecular weight excluding hydrogens is 386 g/mol. The Kier molecular flexibility index (Phi) is 6.81. The molecule has 0 saturated heterocycles. The predicted molar refractivity (Wildman–Crippen MR) is 118 cm³/mol. The summed E-state index contributed by atoms with van der Waals surface area (Å²) >= 11 is 0. The average Bonchev–Trinajstić information content (AvgIpc) is 2.98. The highest BCUT2D eigenvalue weighted by Gasteiger charge is 2.63. The fraction of sp³-hybridized carbons (Fsp3) is 0.958. The molecule has 5 unspecified atom stereocenters. The van der Waals surface area contributed by atoms with E-state index in [-0.39, 0.29) is 47.8 Å². The van der Waals surface area contributed by atoms with E-state index < -0.39 is 0 Å². The van der Waals surface area contributed by atoms with Crippen LogP contribution in [0.5, 0.6) is 0 Å². The maximum absolute atomic E-state index is 12.0. The van der Waals surface area contributed by atoms with Crippen molar-refractivity contribution in [3.05, 3.63) is 0 Å². The Balaban J connectivity index is 0.00000240. The second-order valence-corrected chi connectivity index (χ2v) is 11.4. The van der Waals surface area contributed by atoms with Gasteiger partial charge in [0.2, 0.25) is 0 Å². The van der Waals surface area contributed by atoms with E-state index in [4.69, 9.17) is 5.73 Å². The SMILES string of the molecule is CC(CC(=O)CN)[C@H]1CCC2C3CCC4C[C@@H](O)CC[C@]4(C)C3[C@@H](O)C[C@@]21C.Cl. The van der Waals surface area contributed by atoms with Crippen LogP contribution in [0.15, 0.2) is 0 Å². The van der Waals surface area contributed by atoms with E-state index in [2.05, 4.69) is 20.8 Å². The highest BCUT2D eigenvalue weighted by atomic mass is 35.5. The molecule has 0 aromatic rings. The van der Waals surface area contributed by atoms with Gasteiger partial charge in [0.1, 0.15) is 5.78 Å². The van der Waals surface area contributed by atoms with Gasteiger partial charge < -0.3 is 15.9 Å². The third kappa shape index (κ3) is 3.70. The maximum Gasteiger partial charge on any atom is 0.146 e. The molecule has 4 nitrogen and oxygen atoms in total. The minimum Gasteiger partial charge on any atom is -0.393 e. The lowest BCUT2D eigenvalue weighted by Gasteiger charge is -2.62. The van der Waals surface area contributed by atoms with Gasteiger partial charge in [-0.3, -0.25) is 4.79 Å². The van der Waals surface area contributed by atoms with Gasteiger partial charge in [0.25, 0.3) is 0 Å². The van der Waals surface area contributed by atoms with Gasteiger partial charge in [-0.05, 0) is 97.7 Å². The number of aliphatic hydroxyl groups excluding tert-OH is 2. The Hall–Kier alpha value is -0.160. The number of hydrogen-bond acceptors (Lipinski definition) is 4. The first kappa shape index (κ1) is 23.5. The number of rotatable bonds is 4. The van der Waals surface area contributed by atoms with Gasteiger partial charge in [-0.2, -0.15) is 0 Å². The summed E-state index contributed by atoms with van der Waals surface area (Å²) in [6.07, 6.45) is 8.82. The summed E-state index contributed by atoms with van der Waals surface area (Å²) in [4.78, 5) is 12.0. The number of carbonyl (C=O) groups excluding carboxylic acids is 1. The maximum atomic E-state index is 12.0. The molecule has 0 amide bonds. The van der Waals surface area contributed by atoms with E-state index in [9.17, 15) is 15.0 Å². The number of fused-ring (bicyclic) bond motifs is 5. The normalized spacial score (nSPS) is 49.9. The Labute approximate surface area is 182 Å². The molecule has 4 N–H and O–H groups in total. The topological polar surface area (TPSA) is 83.6 Å². The van der Waals surface area contributed by atoms with E-state index in [1.807, 2.05) is 0 Å². The summed E-state index contributed by atoms with van der Waals surface area (Å²) in [7, 11) is 0. The summed E-state index contributed by atoms with van der Waals surface area (Å²) in [5.74, 6) is 3.27. The lowest BCUT2D eigenvalue weighted by atomic mass is 9.43. The monoisotopic (exact) mass is 427 g/mol. The number of Topliss-reactive ketones (excluding diaryl/α,β-unsaturated/α-hetero) is 1. The zero-order valence-electron chi connectivity index (χ0n) is 18.5. The van der Waals surface area contributed by atoms with Crippen molar-refractivity contribution in [3.63, 3.8) is 0 Å². The van der Waals surface area contributed by atoms with Crippen molar-refractivity contribution in [2.75, 3.05) is 6.54 Å². The van der Waals surface area contributed by atoms with E-state index in [1.54, 1.807) is 0 Å². The summed E-state index contributed by atoms with van der Waals surface area (Å²) in [5, 5.41) is 21.7. The van der Waals surface area contributed by atoms with Crippen molar-refractivity contribution < 1.29 is 15.0 Å². The second kappa shape index (κ2) is 8.41. The highest BCUT2D eigenvalue weighted by Crippen LogP contribution is 2.68. The Morgan fingerprint density at radius 3 is 2.52 bits per heavy atom. The molecule has 4 saturated carbocycles. The molecule has 0 spiro atoms. The molecule has 10 atom stereocenters. The van der Waals surface area contributed by atoms with Gasteiger partial charge in [0.15, 0.2) is 0 Å². The van der Waals surface area contributed by atoms with Crippen LogP contribution in [0.1, 0.15) is 78.6 Å². The fourth-order valence-corrected chi connectivity index (χ4v) is 8.92. The zero-order valence-corrected chi connectivity index (χ0v) is 19.3. The smallest absolute Gasteiger partial charge is 0.146 e. The summed E-state index contributed by atoms with van der Waals surface area (Å²) in [5.41, 5.74) is 5.90. The standard InChI is InChI=1S/C24H41NO3.ClH/c1-14(10-17(27)13-25)19-6-7-20-18-5-4-15-11-16(26)8-9-23(15,2)22(18)21(28)12-24(19,20)3;/h14-16,18-22,26,28H,4-13,25H2,1-3H3;1H/t14?,15?,16-,18?,19+,20?,21-,22?,23-,24+;/m0./s1. The van der Waals surface area contributed by atoms with Crippen LogP contribution in [0.4, 0.5) is 0 Å². The van der Waals surface area contributed by atoms with Crippen LogP contribution >= 0.6 is 12.4 Å². The quantitative estimate of drug-likeness (QED) is 0.634. The molecule has 0 aliphatic heterocycles. The molecule has 0 aromatic carbocycles. The van der Waals surface area contributed by atoms with Crippen molar-refractivity contribution in [2.24, 2.45) is 52.1 Å². The van der Waals surface area contributed by atoms with Gasteiger partial charge in [0, 0.05) is 6.42 Å². The van der Waals surface area contributed by atoms with Crippen molar-refractivity contribution in [1.82, 2.24) is 0 Å². The molecule has 5 heteroatoms. The van der Waals surface area contributed by atoms with Gasteiger partial charge in [-0.15, -0.1) is 12.4 Å². The Bertz CT molecular complexity index is 615. The van der Waals surface area contributed by atoms with Crippen LogP contribution in [0.2, 0.25) is 0 Å². The first-order chi connectivity index (χ1) is 13.2. The molecule has 0 bridgehead atoms. The minimum absolute atomic E-state index is 0. The number of aliphatic hydroxyl groups is 2. The summed E-state index contributed by atoms with van der Waals surface area (Å²) in [6, 6.07) is 0. The number of ketones is 1. The number of nitrogens with two attached hydrogens (primary N) is 1. The van der Waals surface area contributed by atoms with Crippen molar-refractivity contribution >= 4 is 18.2 Å². The average molecular weight is 428 g/mol. The van der Waals surface area contributed by atoms with E-state index in [0.717, 1.165) is 25.7 Å². The number of carbonyl (C=O) groups is 1. The van der Waals surface area contributed by atoms with Gasteiger partial charge in [-0.1, -0.05) is 20.8 Å². The molecule has 29 heavy (non-hydrogen) atoms. The lowest BCUT2D eigenvalue weighted by Crippen LogP contribution is -2.59. The highest BCUT2D eigenvalue weighted by molar-refractivity contribution is 5.85. The van der Waals surface area contributed by atoms with Crippen LogP contribution in [-0.4, -0.2) is 34.7 Å². The van der Waals surface area contributed by atoms with Gasteiger partial charge >= 0.3 is 0 Å². The zero-order chi connectivity index (χ0) is 20.3. The summed E-state index contributed by atoms with van der Waals surface area (Å²) in [6.45, 7) is 7.21. The predicted octanol–water partition coefficient (Wildman–Crippen LogP) is 3.95. The van der Waals surface area contributed by atoms with Crippen LogP contribution in [0.25, 0.3) is 0 Å². The minimum atomic E-state index is -0.243. The molecule has 4 fully saturated rings. The molecular formula is C24H42ClNO3. The third-order valence-electron chi connectivity index (χ3n) is 10.1. The lowest BCUT2D eigenvalue weighted by molar-refractivity contribution is -0.179. The van der Waals surface area contributed by atoms with Gasteiger partial charge in [0.05, 0.1) is 18.8 Å². The van der Waals surface area contributed by atoms with Crippen LogP contribution in [0, 0.1) is 46.3 Å². The molecule has 168 valence electrons.